The average molecular weight is 272 g/mol. The van der Waals surface area contributed by atoms with Crippen molar-refractivity contribution < 1.29 is 19.8 Å². The number of unbranched alkanes of at least 4 members (excludes halogenated alkanes) is 6. The van der Waals surface area contributed by atoms with Crippen LogP contribution in [0.5, 0.6) is 0 Å². The number of carbonyl (C=O) groups is 2. The van der Waals surface area contributed by atoms with Crippen molar-refractivity contribution in [2.45, 2.75) is 77.6 Å². The van der Waals surface area contributed by atoms with Gasteiger partial charge in [0.1, 0.15) is 0 Å². The molecule has 0 aromatic rings. The fraction of sp³-hybridized carbons (Fsp3) is 0.867. The van der Waals surface area contributed by atoms with Gasteiger partial charge in [0.15, 0.2) is 0 Å². The Bertz CT molecular complexity index is 251. The summed E-state index contributed by atoms with van der Waals surface area (Å²) < 4.78 is 0. The average Bonchev–Trinajstić information content (AvgIpc) is 2.34. The van der Waals surface area contributed by atoms with Crippen LogP contribution >= 0.6 is 0 Å². The molecule has 112 valence electrons. The van der Waals surface area contributed by atoms with E-state index in [0.717, 1.165) is 12.8 Å². The summed E-state index contributed by atoms with van der Waals surface area (Å²) in [6, 6.07) is 0. The molecular weight excluding hydrogens is 244 g/mol. The van der Waals surface area contributed by atoms with Gasteiger partial charge in [0.2, 0.25) is 0 Å². The van der Waals surface area contributed by atoms with Crippen LogP contribution in [0.4, 0.5) is 0 Å². The minimum absolute atomic E-state index is 0.0702. The third-order valence-electron chi connectivity index (χ3n) is 3.45. The number of hydrogen-bond donors (Lipinski definition) is 2. The maximum Gasteiger partial charge on any atom is 0.306 e. The lowest BCUT2D eigenvalue weighted by Gasteiger charge is -2.11. The first-order chi connectivity index (χ1) is 9.07. The zero-order chi connectivity index (χ0) is 14.5. The van der Waals surface area contributed by atoms with Crippen molar-refractivity contribution in [2.24, 2.45) is 5.92 Å². The smallest absolute Gasteiger partial charge is 0.306 e. The van der Waals surface area contributed by atoms with E-state index in [2.05, 4.69) is 6.92 Å². The van der Waals surface area contributed by atoms with Gasteiger partial charge in [-0.15, -0.1) is 0 Å². The predicted octanol–water partition coefficient (Wildman–Crippen LogP) is 4.08. The van der Waals surface area contributed by atoms with Crippen molar-refractivity contribution in [3.63, 3.8) is 0 Å². The fourth-order valence-corrected chi connectivity index (χ4v) is 2.24. The molecule has 0 aromatic carbocycles. The number of hydrogen-bond acceptors (Lipinski definition) is 2. The van der Waals surface area contributed by atoms with Gasteiger partial charge in [0.25, 0.3) is 0 Å². The van der Waals surface area contributed by atoms with Crippen LogP contribution in [0, 0.1) is 5.92 Å². The molecule has 0 radical (unpaired) electrons. The zero-order valence-electron chi connectivity index (χ0n) is 12.1. The number of carboxylic acid groups (broad SMARTS) is 2. The Balaban J connectivity index is 3.59. The monoisotopic (exact) mass is 272 g/mol. The molecule has 0 aliphatic carbocycles. The molecular formula is C15H28O4. The molecule has 0 heterocycles. The van der Waals surface area contributed by atoms with Gasteiger partial charge in [-0.1, -0.05) is 51.9 Å². The minimum atomic E-state index is -0.847. The second kappa shape index (κ2) is 12.0. The summed E-state index contributed by atoms with van der Waals surface area (Å²) in [7, 11) is 0. The molecule has 0 bridgehead atoms. The highest BCUT2D eigenvalue weighted by Gasteiger charge is 2.16. The van der Waals surface area contributed by atoms with E-state index < -0.39 is 11.9 Å². The van der Waals surface area contributed by atoms with Gasteiger partial charge in [0, 0.05) is 6.42 Å². The van der Waals surface area contributed by atoms with Gasteiger partial charge < -0.3 is 10.2 Å². The lowest BCUT2D eigenvalue weighted by molar-refractivity contribution is -0.143. The van der Waals surface area contributed by atoms with Gasteiger partial charge in [-0.05, 0) is 19.3 Å². The van der Waals surface area contributed by atoms with Crippen molar-refractivity contribution in [3.05, 3.63) is 0 Å². The van der Waals surface area contributed by atoms with Crippen LogP contribution in [-0.4, -0.2) is 22.2 Å². The Morgan fingerprint density at radius 2 is 1.37 bits per heavy atom. The van der Waals surface area contributed by atoms with Crippen LogP contribution in [0.1, 0.15) is 77.6 Å². The van der Waals surface area contributed by atoms with E-state index in [9.17, 15) is 9.59 Å². The van der Waals surface area contributed by atoms with Crippen molar-refractivity contribution in [3.8, 4) is 0 Å². The molecule has 0 saturated carbocycles. The Kier molecular flexibility index (Phi) is 11.3. The highest BCUT2D eigenvalue weighted by Crippen LogP contribution is 2.18. The van der Waals surface area contributed by atoms with E-state index in [1.807, 2.05) is 0 Å². The van der Waals surface area contributed by atoms with Gasteiger partial charge in [0.05, 0.1) is 5.92 Å². The first-order valence-electron chi connectivity index (χ1n) is 7.52. The summed E-state index contributed by atoms with van der Waals surface area (Å²) in [5, 5.41) is 17.6. The molecule has 0 aliphatic heterocycles. The van der Waals surface area contributed by atoms with Crippen LogP contribution in [0.2, 0.25) is 0 Å². The van der Waals surface area contributed by atoms with Crippen LogP contribution < -0.4 is 0 Å². The van der Waals surface area contributed by atoms with Gasteiger partial charge in [-0.25, -0.2) is 0 Å². The minimum Gasteiger partial charge on any atom is -0.481 e. The first-order valence-corrected chi connectivity index (χ1v) is 7.52. The summed E-state index contributed by atoms with van der Waals surface area (Å²) in [4.78, 5) is 21.4. The van der Waals surface area contributed by atoms with E-state index >= 15 is 0 Å². The van der Waals surface area contributed by atoms with Crippen LogP contribution in [0.15, 0.2) is 0 Å². The molecule has 2 N–H and O–H groups in total. The zero-order valence-corrected chi connectivity index (χ0v) is 12.1. The quantitative estimate of drug-likeness (QED) is 0.495. The van der Waals surface area contributed by atoms with Crippen LogP contribution in [0.3, 0.4) is 0 Å². The molecule has 1 atom stereocenters. The molecule has 4 nitrogen and oxygen atoms in total. The Morgan fingerprint density at radius 1 is 0.842 bits per heavy atom. The molecule has 0 rings (SSSR count). The third-order valence-corrected chi connectivity index (χ3v) is 3.45. The SMILES string of the molecule is CCCCCCCCCC(CCCC(=O)O)C(=O)O. The fourth-order valence-electron chi connectivity index (χ4n) is 2.24. The molecule has 0 aromatic heterocycles. The third kappa shape index (κ3) is 11.7. The lowest BCUT2D eigenvalue weighted by Crippen LogP contribution is -2.14. The molecule has 19 heavy (non-hydrogen) atoms. The van der Waals surface area contributed by atoms with Crippen molar-refractivity contribution in [1.29, 1.82) is 0 Å². The van der Waals surface area contributed by atoms with Gasteiger partial charge in [-0.3, -0.25) is 9.59 Å². The first kappa shape index (κ1) is 17.9. The predicted molar refractivity (Wildman–Crippen MR) is 75.2 cm³/mol. The second-order valence-corrected chi connectivity index (χ2v) is 5.23. The van der Waals surface area contributed by atoms with Gasteiger partial charge >= 0.3 is 11.9 Å². The number of aliphatic carboxylic acids is 2. The molecule has 0 spiro atoms. The number of rotatable bonds is 13. The molecule has 1 unspecified atom stereocenters. The standard InChI is InChI=1S/C15H28O4/c1-2-3-4-5-6-7-8-10-13(15(18)19)11-9-12-14(16)17/h13H,2-12H2,1H3,(H,16,17)(H,18,19). The maximum atomic E-state index is 11.0. The normalized spacial score (nSPS) is 12.3. The molecule has 0 fully saturated rings. The van der Waals surface area contributed by atoms with Crippen molar-refractivity contribution in [1.82, 2.24) is 0 Å². The van der Waals surface area contributed by atoms with Crippen LogP contribution in [-0.2, 0) is 9.59 Å². The summed E-state index contributed by atoms with van der Waals surface area (Å²) in [6.45, 7) is 2.19. The maximum absolute atomic E-state index is 11.0. The van der Waals surface area contributed by atoms with Crippen LogP contribution in [0.25, 0.3) is 0 Å². The molecule has 0 aliphatic rings. The summed E-state index contributed by atoms with van der Waals surface area (Å²) in [5.74, 6) is -1.99. The summed E-state index contributed by atoms with van der Waals surface area (Å²) in [6.07, 6.45) is 9.95. The van der Waals surface area contributed by atoms with E-state index in [0.29, 0.717) is 19.3 Å². The van der Waals surface area contributed by atoms with Crippen molar-refractivity contribution in [2.75, 3.05) is 0 Å². The number of carboxylic acids is 2. The highest BCUT2D eigenvalue weighted by atomic mass is 16.4. The second-order valence-electron chi connectivity index (χ2n) is 5.23. The lowest BCUT2D eigenvalue weighted by atomic mass is 9.95. The largest absolute Gasteiger partial charge is 0.481 e. The highest BCUT2D eigenvalue weighted by molar-refractivity contribution is 5.70. The van der Waals surface area contributed by atoms with E-state index in [4.69, 9.17) is 10.2 Å². The summed E-state index contributed by atoms with van der Waals surface area (Å²) in [5.41, 5.74) is 0. The van der Waals surface area contributed by atoms with Gasteiger partial charge in [-0.2, -0.15) is 0 Å². The van der Waals surface area contributed by atoms with Crippen molar-refractivity contribution >= 4 is 11.9 Å². The summed E-state index contributed by atoms with van der Waals surface area (Å²) >= 11 is 0. The van der Waals surface area contributed by atoms with E-state index in [-0.39, 0.29) is 12.3 Å². The Morgan fingerprint density at radius 3 is 1.89 bits per heavy atom. The Hall–Kier alpha value is -1.06. The Labute approximate surface area is 116 Å². The topological polar surface area (TPSA) is 74.6 Å². The molecule has 4 heteroatoms. The molecule has 0 saturated heterocycles. The van der Waals surface area contributed by atoms with E-state index in [1.54, 1.807) is 0 Å². The molecule has 0 amide bonds. The van der Waals surface area contributed by atoms with E-state index in [1.165, 1.54) is 32.1 Å².